The van der Waals surface area contributed by atoms with E-state index in [0.29, 0.717) is 0 Å². The highest BCUT2D eigenvalue weighted by Gasteiger charge is 2.23. The fraction of sp³-hybridized carbons (Fsp3) is 0. The van der Waals surface area contributed by atoms with E-state index in [2.05, 4.69) is 203 Å². The maximum atomic E-state index is 2.53. The van der Waals surface area contributed by atoms with Gasteiger partial charge in [-0.2, -0.15) is 0 Å². The van der Waals surface area contributed by atoms with E-state index in [4.69, 9.17) is 0 Å². The third-order valence-electron chi connectivity index (χ3n) is 11.5. The molecule has 0 spiro atoms. The fourth-order valence-electron chi connectivity index (χ4n) is 9.08. The standard InChI is InChI=1S/C52H32N2S/c1-2-14-33(15-3-1)35-18-12-19-37(30-35)53-46-24-9-6-21-39(46)43-31-36(28-29-48(43)53)42-32-44-40-22-7-10-25-47(40)54(45-26-13-17-34-16-4-5-20-38(34)45)51(44)50-41-23-8-11-27-49(41)55-52(42)50/h1-32H. The molecule has 12 rings (SSSR count). The van der Waals surface area contributed by atoms with Crippen molar-refractivity contribution in [1.29, 1.82) is 0 Å². The van der Waals surface area contributed by atoms with Gasteiger partial charge in [0.1, 0.15) is 0 Å². The van der Waals surface area contributed by atoms with Gasteiger partial charge in [-0.15, -0.1) is 11.3 Å². The topological polar surface area (TPSA) is 9.86 Å². The van der Waals surface area contributed by atoms with Crippen molar-refractivity contribution in [3.8, 4) is 33.6 Å². The summed E-state index contributed by atoms with van der Waals surface area (Å²) in [5.41, 5.74) is 12.2. The Labute approximate surface area is 321 Å². The Balaban J connectivity index is 1.16. The number of hydrogen-bond donors (Lipinski definition) is 0. The van der Waals surface area contributed by atoms with Crippen molar-refractivity contribution in [2.75, 3.05) is 0 Å². The number of fused-ring (bicyclic) bond motifs is 11. The first-order chi connectivity index (χ1) is 27.3. The van der Waals surface area contributed by atoms with Crippen molar-refractivity contribution in [3.05, 3.63) is 194 Å². The Morgan fingerprint density at radius 2 is 1.00 bits per heavy atom. The summed E-state index contributed by atoms with van der Waals surface area (Å²) in [4.78, 5) is 0. The van der Waals surface area contributed by atoms with Crippen LogP contribution in [0.1, 0.15) is 0 Å². The predicted octanol–water partition coefficient (Wildman–Crippen LogP) is 14.7. The molecule has 0 fully saturated rings. The molecule has 0 unspecified atom stereocenters. The zero-order valence-corrected chi connectivity index (χ0v) is 30.6. The average Bonchev–Trinajstić information content (AvgIpc) is 3.91. The maximum absolute atomic E-state index is 2.53. The SMILES string of the molecule is c1ccc(-c2cccc(-n3c4ccccc4c4cc(-c5cc6c7ccccc7n(-c7cccc8ccccc78)c6c6c5sc5ccccc56)ccc43)c2)cc1. The third kappa shape index (κ3) is 4.48. The van der Waals surface area contributed by atoms with Crippen molar-refractivity contribution in [3.63, 3.8) is 0 Å². The molecule has 9 aromatic carbocycles. The largest absolute Gasteiger partial charge is 0.309 e. The van der Waals surface area contributed by atoms with Crippen LogP contribution < -0.4 is 0 Å². The minimum Gasteiger partial charge on any atom is -0.309 e. The molecule has 55 heavy (non-hydrogen) atoms. The number of thiophene rings is 1. The van der Waals surface area contributed by atoms with Crippen LogP contribution in [0, 0.1) is 0 Å². The summed E-state index contributed by atoms with van der Waals surface area (Å²) in [5.74, 6) is 0. The Morgan fingerprint density at radius 3 is 1.85 bits per heavy atom. The van der Waals surface area contributed by atoms with Crippen LogP contribution in [0.3, 0.4) is 0 Å². The van der Waals surface area contributed by atoms with Crippen LogP contribution in [0.5, 0.6) is 0 Å². The van der Waals surface area contributed by atoms with Crippen LogP contribution in [0.25, 0.3) is 108 Å². The van der Waals surface area contributed by atoms with Gasteiger partial charge in [-0.1, -0.05) is 140 Å². The highest BCUT2D eigenvalue weighted by molar-refractivity contribution is 7.26. The lowest BCUT2D eigenvalue weighted by Crippen LogP contribution is -1.96. The average molecular weight is 717 g/mol. The lowest BCUT2D eigenvalue weighted by atomic mass is 9.97. The molecule has 256 valence electrons. The maximum Gasteiger partial charge on any atom is 0.0634 e. The number of rotatable bonds is 4. The smallest absolute Gasteiger partial charge is 0.0634 e. The summed E-state index contributed by atoms with van der Waals surface area (Å²) in [6.45, 7) is 0. The Kier molecular flexibility index (Phi) is 6.54. The second-order valence-corrected chi connectivity index (χ2v) is 15.5. The molecule has 12 aromatic rings. The zero-order chi connectivity index (χ0) is 36.0. The summed E-state index contributed by atoms with van der Waals surface area (Å²) in [7, 11) is 0. The first-order valence-corrected chi connectivity index (χ1v) is 19.7. The summed E-state index contributed by atoms with van der Waals surface area (Å²) >= 11 is 1.91. The molecule has 0 saturated carbocycles. The predicted molar refractivity (Wildman–Crippen MR) is 236 cm³/mol. The molecule has 0 aliphatic heterocycles. The second kappa shape index (κ2) is 11.8. The van der Waals surface area contributed by atoms with Crippen LogP contribution >= 0.6 is 11.3 Å². The van der Waals surface area contributed by atoms with Gasteiger partial charge in [0.2, 0.25) is 0 Å². The zero-order valence-electron chi connectivity index (χ0n) is 29.8. The molecule has 0 N–H and O–H groups in total. The lowest BCUT2D eigenvalue weighted by molar-refractivity contribution is 1.18. The summed E-state index contributed by atoms with van der Waals surface area (Å²) < 4.78 is 7.57. The highest BCUT2D eigenvalue weighted by Crippen LogP contribution is 2.48. The molecular formula is C52H32N2S. The molecule has 0 bridgehead atoms. The van der Waals surface area contributed by atoms with Crippen molar-refractivity contribution >= 4 is 85.9 Å². The molecule has 2 nitrogen and oxygen atoms in total. The van der Waals surface area contributed by atoms with Crippen LogP contribution in [0.15, 0.2) is 194 Å². The number of aromatic nitrogens is 2. The molecule has 0 amide bonds. The minimum absolute atomic E-state index is 1.16. The number of nitrogens with zero attached hydrogens (tertiary/aromatic N) is 2. The molecule has 3 heterocycles. The monoisotopic (exact) mass is 716 g/mol. The van der Waals surface area contributed by atoms with E-state index in [-0.39, 0.29) is 0 Å². The summed E-state index contributed by atoms with van der Waals surface area (Å²) in [6.07, 6.45) is 0. The van der Waals surface area contributed by atoms with E-state index >= 15 is 0 Å². The number of hydrogen-bond acceptors (Lipinski definition) is 1. The normalized spacial score (nSPS) is 12.0. The quantitative estimate of drug-likeness (QED) is 0.172. The van der Waals surface area contributed by atoms with Crippen LogP contribution in [-0.2, 0) is 0 Å². The van der Waals surface area contributed by atoms with Gasteiger partial charge in [0.15, 0.2) is 0 Å². The van der Waals surface area contributed by atoms with Gasteiger partial charge in [-0.05, 0) is 76.7 Å². The van der Waals surface area contributed by atoms with E-state index in [1.807, 2.05) is 11.3 Å². The minimum atomic E-state index is 1.16. The van der Waals surface area contributed by atoms with Gasteiger partial charge >= 0.3 is 0 Å². The summed E-state index contributed by atoms with van der Waals surface area (Å²) in [5, 5.41) is 10.2. The van der Waals surface area contributed by atoms with Gasteiger partial charge in [0.25, 0.3) is 0 Å². The van der Waals surface area contributed by atoms with Gasteiger partial charge in [-0.3, -0.25) is 0 Å². The van der Waals surface area contributed by atoms with E-state index < -0.39 is 0 Å². The molecular weight excluding hydrogens is 685 g/mol. The van der Waals surface area contributed by atoms with Crippen molar-refractivity contribution in [2.45, 2.75) is 0 Å². The summed E-state index contributed by atoms with van der Waals surface area (Å²) in [6, 6.07) is 71.3. The Bertz CT molecular complexity index is 3480. The second-order valence-electron chi connectivity index (χ2n) is 14.5. The fourth-order valence-corrected chi connectivity index (χ4v) is 10.3. The Hall–Kier alpha value is -6.94. The van der Waals surface area contributed by atoms with Crippen LogP contribution in [-0.4, -0.2) is 9.13 Å². The molecule has 0 radical (unpaired) electrons. The van der Waals surface area contributed by atoms with Gasteiger partial charge < -0.3 is 9.13 Å². The van der Waals surface area contributed by atoms with Crippen LogP contribution in [0.4, 0.5) is 0 Å². The van der Waals surface area contributed by atoms with Gasteiger partial charge in [-0.25, -0.2) is 0 Å². The van der Waals surface area contributed by atoms with E-state index in [1.54, 1.807) is 0 Å². The number of para-hydroxylation sites is 2. The Morgan fingerprint density at radius 1 is 0.364 bits per heavy atom. The lowest BCUT2D eigenvalue weighted by Gasteiger charge is -2.14. The highest BCUT2D eigenvalue weighted by atomic mass is 32.1. The van der Waals surface area contributed by atoms with Crippen molar-refractivity contribution in [2.24, 2.45) is 0 Å². The molecule has 0 aliphatic carbocycles. The molecule has 0 atom stereocenters. The van der Waals surface area contributed by atoms with E-state index in [0.717, 1.165) is 5.69 Å². The third-order valence-corrected chi connectivity index (χ3v) is 12.7. The molecule has 0 saturated heterocycles. The number of benzene rings is 9. The van der Waals surface area contributed by atoms with Gasteiger partial charge in [0.05, 0.1) is 27.8 Å². The first kappa shape index (κ1) is 30.5. The molecule has 3 aromatic heterocycles. The van der Waals surface area contributed by atoms with Crippen LogP contribution in [0.2, 0.25) is 0 Å². The first-order valence-electron chi connectivity index (χ1n) is 18.9. The van der Waals surface area contributed by atoms with Gasteiger partial charge in [0, 0.05) is 58.4 Å². The molecule has 0 aliphatic rings. The van der Waals surface area contributed by atoms with Crippen molar-refractivity contribution in [1.82, 2.24) is 9.13 Å². The van der Waals surface area contributed by atoms with E-state index in [9.17, 15) is 0 Å². The van der Waals surface area contributed by atoms with E-state index in [1.165, 1.54) is 102 Å². The van der Waals surface area contributed by atoms with Crippen molar-refractivity contribution < 1.29 is 0 Å². The molecule has 3 heteroatoms.